The van der Waals surface area contributed by atoms with Crippen LogP contribution in [0.3, 0.4) is 0 Å². The SMILES string of the molecule is Cc1ccc(C(O)C(F)(F)Br)cc1. The molecule has 0 aliphatic heterocycles. The van der Waals surface area contributed by atoms with Crippen LogP contribution in [0, 0.1) is 6.92 Å². The lowest BCUT2D eigenvalue weighted by Crippen LogP contribution is -2.18. The van der Waals surface area contributed by atoms with Gasteiger partial charge in [0.15, 0.2) is 6.10 Å². The zero-order valence-electron chi connectivity index (χ0n) is 6.97. The van der Waals surface area contributed by atoms with E-state index in [1.807, 2.05) is 6.92 Å². The zero-order valence-corrected chi connectivity index (χ0v) is 8.55. The number of aryl methyl sites for hydroxylation is 1. The first-order valence-electron chi connectivity index (χ1n) is 3.72. The molecular weight excluding hydrogens is 242 g/mol. The smallest absolute Gasteiger partial charge is 0.330 e. The molecule has 1 unspecified atom stereocenters. The van der Waals surface area contributed by atoms with Crippen molar-refractivity contribution in [3.05, 3.63) is 35.4 Å². The summed E-state index contributed by atoms with van der Waals surface area (Å²) < 4.78 is 25.1. The zero-order chi connectivity index (χ0) is 10.1. The maximum Gasteiger partial charge on any atom is 0.330 e. The van der Waals surface area contributed by atoms with Gasteiger partial charge in [-0.15, -0.1) is 0 Å². The third-order valence-corrected chi connectivity index (χ3v) is 2.14. The first-order valence-corrected chi connectivity index (χ1v) is 4.52. The van der Waals surface area contributed by atoms with E-state index in [1.165, 1.54) is 12.1 Å². The van der Waals surface area contributed by atoms with Gasteiger partial charge in [0.25, 0.3) is 0 Å². The molecule has 0 aliphatic carbocycles. The van der Waals surface area contributed by atoms with E-state index in [2.05, 4.69) is 15.9 Å². The van der Waals surface area contributed by atoms with Crippen molar-refractivity contribution in [2.24, 2.45) is 0 Å². The summed E-state index contributed by atoms with van der Waals surface area (Å²) in [5, 5.41) is 9.15. The lowest BCUT2D eigenvalue weighted by molar-refractivity contribution is -0.0294. The fraction of sp³-hybridized carbons (Fsp3) is 0.333. The molecule has 4 heteroatoms. The number of hydrogen-bond acceptors (Lipinski definition) is 1. The van der Waals surface area contributed by atoms with E-state index in [-0.39, 0.29) is 5.56 Å². The van der Waals surface area contributed by atoms with Crippen molar-refractivity contribution >= 4 is 15.9 Å². The molecule has 0 fully saturated rings. The highest BCUT2D eigenvalue weighted by Crippen LogP contribution is 2.36. The van der Waals surface area contributed by atoms with Gasteiger partial charge in [0.2, 0.25) is 0 Å². The van der Waals surface area contributed by atoms with Gasteiger partial charge in [-0.2, -0.15) is 8.78 Å². The fourth-order valence-corrected chi connectivity index (χ4v) is 1.20. The number of halogens is 3. The van der Waals surface area contributed by atoms with Crippen molar-refractivity contribution in [3.8, 4) is 0 Å². The summed E-state index contributed by atoms with van der Waals surface area (Å²) in [6.07, 6.45) is -1.80. The molecule has 0 aliphatic rings. The minimum absolute atomic E-state index is 0.201. The highest BCUT2D eigenvalue weighted by molar-refractivity contribution is 9.10. The molecule has 1 aromatic rings. The van der Waals surface area contributed by atoms with Gasteiger partial charge in [0.1, 0.15) is 0 Å². The normalized spacial score (nSPS) is 14.2. The van der Waals surface area contributed by atoms with Crippen molar-refractivity contribution in [1.82, 2.24) is 0 Å². The number of hydrogen-bond donors (Lipinski definition) is 1. The molecule has 72 valence electrons. The lowest BCUT2D eigenvalue weighted by atomic mass is 10.1. The van der Waals surface area contributed by atoms with Crippen molar-refractivity contribution in [2.45, 2.75) is 17.9 Å². The van der Waals surface area contributed by atoms with Crippen molar-refractivity contribution in [2.75, 3.05) is 0 Å². The first-order chi connectivity index (χ1) is 5.91. The van der Waals surface area contributed by atoms with Crippen LogP contribution >= 0.6 is 15.9 Å². The summed E-state index contributed by atoms with van der Waals surface area (Å²) in [6.45, 7) is 1.85. The van der Waals surface area contributed by atoms with Crippen LogP contribution in [-0.2, 0) is 0 Å². The number of benzene rings is 1. The number of alkyl halides is 3. The summed E-state index contributed by atoms with van der Waals surface area (Å²) in [5.74, 6) is 0. The Hall–Kier alpha value is -0.480. The Labute approximate surface area is 83.5 Å². The minimum Gasteiger partial charge on any atom is -0.381 e. The van der Waals surface area contributed by atoms with E-state index in [9.17, 15) is 8.78 Å². The summed E-state index contributed by atoms with van der Waals surface area (Å²) in [6, 6.07) is 6.32. The summed E-state index contributed by atoms with van der Waals surface area (Å²) in [5.41, 5.74) is 1.17. The highest BCUT2D eigenvalue weighted by atomic mass is 79.9. The summed E-state index contributed by atoms with van der Waals surface area (Å²) in [7, 11) is 0. The number of aliphatic hydroxyl groups is 1. The van der Waals surface area contributed by atoms with Crippen LogP contribution in [0.2, 0.25) is 0 Å². The van der Waals surface area contributed by atoms with E-state index >= 15 is 0 Å². The van der Waals surface area contributed by atoms with Gasteiger partial charge in [0, 0.05) is 0 Å². The molecule has 0 radical (unpaired) electrons. The van der Waals surface area contributed by atoms with Crippen LogP contribution in [0.4, 0.5) is 8.78 Å². The second-order valence-corrected chi connectivity index (χ2v) is 3.91. The molecule has 0 saturated heterocycles. The van der Waals surface area contributed by atoms with Gasteiger partial charge in [-0.1, -0.05) is 29.8 Å². The third kappa shape index (κ3) is 2.74. The van der Waals surface area contributed by atoms with Crippen LogP contribution in [0.5, 0.6) is 0 Å². The Bertz CT molecular complexity index is 279. The van der Waals surface area contributed by atoms with Crippen molar-refractivity contribution in [3.63, 3.8) is 0 Å². The second kappa shape index (κ2) is 3.72. The molecule has 0 amide bonds. The fourth-order valence-electron chi connectivity index (χ4n) is 0.938. The Morgan fingerprint density at radius 1 is 1.31 bits per heavy atom. The van der Waals surface area contributed by atoms with Gasteiger partial charge in [0.05, 0.1) is 0 Å². The molecule has 0 bridgehead atoms. The molecule has 0 saturated carbocycles. The highest BCUT2D eigenvalue weighted by Gasteiger charge is 2.35. The maximum absolute atomic E-state index is 12.6. The van der Waals surface area contributed by atoms with Crippen LogP contribution in [0.1, 0.15) is 17.2 Å². The van der Waals surface area contributed by atoms with Crippen LogP contribution in [0.15, 0.2) is 24.3 Å². The molecular formula is C9H9BrF2O. The number of aliphatic hydroxyl groups excluding tert-OH is 1. The molecule has 1 rings (SSSR count). The minimum atomic E-state index is -3.28. The van der Waals surface area contributed by atoms with Crippen LogP contribution < -0.4 is 0 Å². The molecule has 0 spiro atoms. The van der Waals surface area contributed by atoms with E-state index in [1.54, 1.807) is 12.1 Å². The summed E-state index contributed by atoms with van der Waals surface area (Å²) in [4.78, 5) is -3.28. The summed E-state index contributed by atoms with van der Waals surface area (Å²) >= 11 is 2.12. The molecule has 13 heavy (non-hydrogen) atoms. The average Bonchev–Trinajstić information content (AvgIpc) is 2.03. The monoisotopic (exact) mass is 250 g/mol. The largest absolute Gasteiger partial charge is 0.381 e. The van der Waals surface area contributed by atoms with E-state index < -0.39 is 10.9 Å². The maximum atomic E-state index is 12.6. The van der Waals surface area contributed by atoms with Gasteiger partial charge >= 0.3 is 4.83 Å². The molecule has 1 aromatic carbocycles. The topological polar surface area (TPSA) is 20.2 Å². The predicted molar refractivity (Wildman–Crippen MR) is 50.0 cm³/mol. The quantitative estimate of drug-likeness (QED) is 0.801. The Morgan fingerprint density at radius 3 is 2.15 bits per heavy atom. The lowest BCUT2D eigenvalue weighted by Gasteiger charge is -2.16. The third-order valence-electron chi connectivity index (χ3n) is 1.70. The molecule has 0 heterocycles. The molecule has 1 atom stereocenters. The Kier molecular flexibility index (Phi) is 3.03. The van der Waals surface area contributed by atoms with Gasteiger partial charge < -0.3 is 5.11 Å². The van der Waals surface area contributed by atoms with E-state index in [0.717, 1.165) is 5.56 Å². The van der Waals surface area contributed by atoms with E-state index in [4.69, 9.17) is 5.11 Å². The molecule has 1 N–H and O–H groups in total. The molecule has 0 aromatic heterocycles. The predicted octanol–water partition coefficient (Wildman–Crippen LogP) is 3.02. The Balaban J connectivity index is 2.90. The second-order valence-electron chi connectivity index (χ2n) is 2.85. The van der Waals surface area contributed by atoms with E-state index in [0.29, 0.717) is 0 Å². The van der Waals surface area contributed by atoms with Gasteiger partial charge in [-0.3, -0.25) is 0 Å². The average molecular weight is 251 g/mol. The standard InChI is InChI=1S/C9H9BrF2O/c1-6-2-4-7(5-3-6)8(13)9(10,11)12/h2-5,8,13H,1H3. The first kappa shape index (κ1) is 10.6. The van der Waals surface area contributed by atoms with Crippen molar-refractivity contribution in [1.29, 1.82) is 0 Å². The van der Waals surface area contributed by atoms with Crippen LogP contribution in [0.25, 0.3) is 0 Å². The number of rotatable bonds is 2. The Morgan fingerprint density at radius 2 is 1.77 bits per heavy atom. The van der Waals surface area contributed by atoms with Gasteiger partial charge in [-0.25, -0.2) is 0 Å². The van der Waals surface area contributed by atoms with Crippen molar-refractivity contribution < 1.29 is 13.9 Å². The van der Waals surface area contributed by atoms with Crippen LogP contribution in [-0.4, -0.2) is 9.94 Å². The molecule has 1 nitrogen and oxygen atoms in total. The van der Waals surface area contributed by atoms with Gasteiger partial charge in [-0.05, 0) is 28.4 Å².